The van der Waals surface area contributed by atoms with Gasteiger partial charge >= 0.3 is 18.1 Å². The predicted octanol–water partition coefficient (Wildman–Crippen LogP) is -0.749. The molecule has 1 heterocycles. The summed E-state index contributed by atoms with van der Waals surface area (Å²) in [5.74, 6) is -0.321. The van der Waals surface area contributed by atoms with Crippen molar-refractivity contribution >= 4 is 29.9 Å². The second-order valence-corrected chi connectivity index (χ2v) is 4.22. The molecule has 1 atom stereocenters. The van der Waals surface area contributed by atoms with Gasteiger partial charge in [0.05, 0.1) is 12.4 Å². The number of urea groups is 1. The van der Waals surface area contributed by atoms with Gasteiger partial charge in [-0.2, -0.15) is 0 Å². The number of hydrogen-bond donors (Lipinski definition) is 3. The monoisotopic (exact) mass is 263 g/mol. The third kappa shape index (κ3) is 4.02. The summed E-state index contributed by atoms with van der Waals surface area (Å²) in [6.07, 6.45) is -0.917. The molecule has 17 heavy (non-hydrogen) atoms. The van der Waals surface area contributed by atoms with E-state index in [4.69, 9.17) is 10.8 Å². The molecule has 0 aliphatic carbocycles. The van der Waals surface area contributed by atoms with E-state index in [1.165, 1.54) is 16.7 Å². The third-order valence-electron chi connectivity index (χ3n) is 2.05. The highest BCUT2D eigenvalue weighted by atomic mass is 32.2. The van der Waals surface area contributed by atoms with Crippen LogP contribution in [0.4, 0.5) is 9.59 Å². The molecule has 0 radical (unpaired) electrons. The Kier molecular flexibility index (Phi) is 4.88. The van der Waals surface area contributed by atoms with Crippen LogP contribution in [0.25, 0.3) is 0 Å². The summed E-state index contributed by atoms with van der Waals surface area (Å²) in [7, 11) is 0. The first-order valence-corrected chi connectivity index (χ1v) is 5.95. The number of ether oxygens (including phenoxy) is 1. The quantitative estimate of drug-likeness (QED) is 0.574. The van der Waals surface area contributed by atoms with Crippen LogP contribution in [0.1, 0.15) is 0 Å². The molecule has 1 saturated heterocycles. The maximum atomic E-state index is 11.6. The molecule has 4 N–H and O–H groups in total. The molecule has 0 aromatic carbocycles. The number of carboxylic acid groups (broad SMARTS) is 1. The van der Waals surface area contributed by atoms with E-state index < -0.39 is 24.1 Å². The molecule has 1 fully saturated rings. The minimum atomic E-state index is -1.03. The first kappa shape index (κ1) is 13.4. The van der Waals surface area contributed by atoms with E-state index in [2.05, 4.69) is 10.1 Å². The van der Waals surface area contributed by atoms with E-state index in [9.17, 15) is 14.4 Å². The second-order valence-electron chi connectivity index (χ2n) is 3.22. The van der Waals surface area contributed by atoms with Crippen molar-refractivity contribution in [1.82, 2.24) is 10.2 Å². The standard InChI is InChI=1S/C8H13N3O5S/c9-7(14)16-2-1-10-8(15)11-4-17-3-5(11)6(12)13/h5H,1-4H2,(H2,9,14)(H,10,15)(H,12,13)/t5-/m0/s1. The maximum absolute atomic E-state index is 11.6. The average Bonchev–Trinajstić information content (AvgIpc) is 2.72. The van der Waals surface area contributed by atoms with Gasteiger partial charge in [0.25, 0.3) is 0 Å². The largest absolute Gasteiger partial charge is 0.480 e. The number of carbonyl (C=O) groups excluding carboxylic acids is 2. The Labute approximate surface area is 101 Å². The van der Waals surface area contributed by atoms with Gasteiger partial charge in [-0.15, -0.1) is 11.8 Å². The fourth-order valence-corrected chi connectivity index (χ4v) is 2.40. The highest BCUT2D eigenvalue weighted by Crippen LogP contribution is 2.20. The van der Waals surface area contributed by atoms with E-state index in [1.54, 1.807) is 0 Å². The van der Waals surface area contributed by atoms with Gasteiger partial charge in [-0.25, -0.2) is 14.4 Å². The third-order valence-corrected chi connectivity index (χ3v) is 3.06. The molecular weight excluding hydrogens is 250 g/mol. The Hall–Kier alpha value is -1.64. The Balaban J connectivity index is 2.32. The van der Waals surface area contributed by atoms with Crippen molar-refractivity contribution in [2.45, 2.75) is 6.04 Å². The number of nitrogens with two attached hydrogens (primary N) is 1. The zero-order valence-electron chi connectivity index (χ0n) is 8.92. The predicted molar refractivity (Wildman–Crippen MR) is 59.5 cm³/mol. The fourth-order valence-electron chi connectivity index (χ4n) is 1.26. The molecule has 0 bridgehead atoms. The van der Waals surface area contributed by atoms with Crippen molar-refractivity contribution in [2.24, 2.45) is 5.73 Å². The molecule has 3 amide bonds. The van der Waals surface area contributed by atoms with Gasteiger partial charge in [0, 0.05) is 5.75 Å². The van der Waals surface area contributed by atoms with Gasteiger partial charge in [0.15, 0.2) is 0 Å². The summed E-state index contributed by atoms with van der Waals surface area (Å²) >= 11 is 1.37. The zero-order valence-corrected chi connectivity index (χ0v) is 9.74. The highest BCUT2D eigenvalue weighted by Gasteiger charge is 2.34. The van der Waals surface area contributed by atoms with Crippen LogP contribution in [0.15, 0.2) is 0 Å². The first-order chi connectivity index (χ1) is 8.02. The number of hydrogen-bond acceptors (Lipinski definition) is 5. The summed E-state index contributed by atoms with van der Waals surface area (Å²) in [4.78, 5) is 33.8. The summed E-state index contributed by atoms with van der Waals surface area (Å²) in [6.45, 7) is 0.0507. The number of nitrogens with zero attached hydrogens (tertiary/aromatic N) is 1. The lowest BCUT2D eigenvalue weighted by molar-refractivity contribution is -0.140. The Morgan fingerprint density at radius 3 is 2.82 bits per heavy atom. The molecular formula is C8H13N3O5S. The van der Waals surface area contributed by atoms with Crippen molar-refractivity contribution in [1.29, 1.82) is 0 Å². The van der Waals surface area contributed by atoms with Gasteiger partial charge in [0.2, 0.25) is 0 Å². The van der Waals surface area contributed by atoms with E-state index in [1.807, 2.05) is 0 Å². The number of aliphatic carboxylic acids is 1. The van der Waals surface area contributed by atoms with Gasteiger partial charge in [-0.05, 0) is 0 Å². The van der Waals surface area contributed by atoms with Crippen molar-refractivity contribution < 1.29 is 24.2 Å². The van der Waals surface area contributed by atoms with Crippen LogP contribution in [0.3, 0.4) is 0 Å². The Morgan fingerprint density at radius 1 is 1.53 bits per heavy atom. The lowest BCUT2D eigenvalue weighted by Gasteiger charge is -2.20. The fraction of sp³-hybridized carbons (Fsp3) is 0.625. The van der Waals surface area contributed by atoms with Crippen molar-refractivity contribution in [3.05, 3.63) is 0 Å². The molecule has 8 nitrogen and oxygen atoms in total. The van der Waals surface area contributed by atoms with Crippen molar-refractivity contribution in [3.8, 4) is 0 Å². The van der Waals surface area contributed by atoms with Gasteiger partial charge < -0.3 is 25.8 Å². The van der Waals surface area contributed by atoms with Gasteiger partial charge in [-0.1, -0.05) is 0 Å². The van der Waals surface area contributed by atoms with Crippen LogP contribution in [0.5, 0.6) is 0 Å². The summed E-state index contributed by atoms with van der Waals surface area (Å²) < 4.78 is 4.41. The lowest BCUT2D eigenvalue weighted by atomic mass is 10.3. The van der Waals surface area contributed by atoms with Gasteiger partial charge in [-0.3, -0.25) is 0 Å². The van der Waals surface area contributed by atoms with E-state index in [0.717, 1.165) is 0 Å². The second kappa shape index (κ2) is 6.18. The molecule has 0 unspecified atom stereocenters. The average molecular weight is 263 g/mol. The zero-order chi connectivity index (χ0) is 12.8. The van der Waals surface area contributed by atoms with Crippen LogP contribution in [-0.2, 0) is 9.53 Å². The van der Waals surface area contributed by atoms with Crippen LogP contribution in [-0.4, -0.2) is 58.9 Å². The van der Waals surface area contributed by atoms with Gasteiger partial charge in [0.1, 0.15) is 12.6 Å². The van der Waals surface area contributed by atoms with E-state index in [-0.39, 0.29) is 13.2 Å². The topological polar surface area (TPSA) is 122 Å². The lowest BCUT2D eigenvalue weighted by Crippen LogP contribution is -2.47. The van der Waals surface area contributed by atoms with E-state index >= 15 is 0 Å². The summed E-state index contributed by atoms with van der Waals surface area (Å²) in [5.41, 5.74) is 4.73. The normalized spacial score (nSPS) is 18.8. The van der Waals surface area contributed by atoms with Crippen LogP contribution in [0, 0.1) is 0 Å². The minimum absolute atomic E-state index is 0.0419. The summed E-state index contributed by atoms with van der Waals surface area (Å²) in [5, 5.41) is 11.3. The smallest absolute Gasteiger partial charge is 0.404 e. The van der Waals surface area contributed by atoms with Crippen LogP contribution >= 0.6 is 11.8 Å². The molecule has 0 aromatic heterocycles. The van der Waals surface area contributed by atoms with Crippen LogP contribution < -0.4 is 11.1 Å². The molecule has 1 aliphatic rings. The number of carboxylic acids is 1. The molecule has 0 aromatic rings. The maximum Gasteiger partial charge on any atom is 0.404 e. The molecule has 1 aliphatic heterocycles. The summed E-state index contributed by atoms with van der Waals surface area (Å²) in [6, 6.07) is -1.30. The number of carbonyl (C=O) groups is 3. The van der Waals surface area contributed by atoms with E-state index in [0.29, 0.717) is 11.6 Å². The number of primary amides is 1. The minimum Gasteiger partial charge on any atom is -0.480 e. The SMILES string of the molecule is NC(=O)OCCNC(=O)N1CSC[C@H]1C(=O)O. The highest BCUT2D eigenvalue weighted by molar-refractivity contribution is 7.99. The molecule has 1 rings (SSSR count). The molecule has 0 spiro atoms. The van der Waals surface area contributed by atoms with Crippen molar-refractivity contribution in [3.63, 3.8) is 0 Å². The van der Waals surface area contributed by atoms with Crippen molar-refractivity contribution in [2.75, 3.05) is 24.8 Å². The molecule has 96 valence electrons. The molecule has 0 saturated carbocycles. The molecule has 9 heteroatoms. The Bertz CT molecular complexity index is 324. The van der Waals surface area contributed by atoms with Crippen LogP contribution in [0.2, 0.25) is 0 Å². The number of thioether (sulfide) groups is 1. The number of nitrogens with one attached hydrogen (secondary N) is 1. The number of amides is 3. The first-order valence-electron chi connectivity index (χ1n) is 4.79. The Morgan fingerprint density at radius 2 is 2.24 bits per heavy atom. The number of rotatable bonds is 4.